The topological polar surface area (TPSA) is 82.7 Å². The van der Waals surface area contributed by atoms with Crippen molar-refractivity contribution in [1.82, 2.24) is 9.79 Å². The van der Waals surface area contributed by atoms with E-state index in [9.17, 15) is 15.1 Å². The van der Waals surface area contributed by atoms with Gasteiger partial charge >= 0.3 is 12.9 Å². The van der Waals surface area contributed by atoms with E-state index in [0.29, 0.717) is 0 Å². The number of rotatable bonds is 3. The number of hydrogen-bond acceptors (Lipinski definition) is 6. The number of anilines is 1. The van der Waals surface area contributed by atoms with Gasteiger partial charge in [0.15, 0.2) is 6.20 Å². The van der Waals surface area contributed by atoms with Gasteiger partial charge in [0.05, 0.1) is 5.69 Å². The van der Waals surface area contributed by atoms with E-state index in [1.807, 2.05) is 4.81 Å². The quantitative estimate of drug-likeness (QED) is 0.469. The molecule has 0 amide bonds. The first-order valence-electron chi connectivity index (χ1n) is 5.85. The van der Waals surface area contributed by atoms with Crippen molar-refractivity contribution in [2.24, 2.45) is 0 Å². The Morgan fingerprint density at radius 1 is 1.39 bits per heavy atom. The minimum atomic E-state index is -0.505. The molecule has 1 aliphatic rings. The predicted octanol–water partition coefficient (Wildman–Crippen LogP) is 0.222. The second kappa shape index (κ2) is 5.32. The second-order valence-corrected chi connectivity index (χ2v) is 4.29. The van der Waals surface area contributed by atoms with Gasteiger partial charge in [0, 0.05) is 32.2 Å². The molecule has 1 aromatic rings. The molecule has 2 rings (SSSR count). The van der Waals surface area contributed by atoms with Crippen LogP contribution in [-0.2, 0) is 0 Å². The number of aromatic nitrogens is 1. The van der Waals surface area contributed by atoms with Crippen molar-refractivity contribution < 1.29 is 9.95 Å². The molecule has 18 heavy (non-hydrogen) atoms. The lowest BCUT2D eigenvalue weighted by atomic mass is 9.84. The number of piperazine rings is 1. The Hall–Kier alpha value is -1.67. The molecule has 1 aliphatic heterocycles. The van der Waals surface area contributed by atoms with Crippen molar-refractivity contribution in [2.75, 3.05) is 31.1 Å². The van der Waals surface area contributed by atoms with Gasteiger partial charge in [-0.1, -0.05) is 0 Å². The van der Waals surface area contributed by atoms with Gasteiger partial charge in [-0.3, -0.25) is 0 Å². The monoisotopic (exact) mass is 250 g/mol. The molecule has 2 heterocycles. The fourth-order valence-electron chi connectivity index (χ4n) is 2.03. The van der Waals surface area contributed by atoms with Crippen LogP contribution in [0.5, 0.6) is 0 Å². The maximum Gasteiger partial charge on any atom is 0.376 e. The van der Waals surface area contributed by atoms with E-state index >= 15 is 0 Å². The van der Waals surface area contributed by atoms with Gasteiger partial charge in [0.2, 0.25) is 0 Å². The minimum Gasteiger partial charge on any atom is -0.437 e. The Morgan fingerprint density at radius 2 is 2.06 bits per heavy atom. The molecule has 0 bridgehead atoms. The molecule has 8 heteroatoms. The summed E-state index contributed by atoms with van der Waals surface area (Å²) in [5.74, 6) is -0.138. The SMILES string of the molecule is CB(O)N1CCN(c2ccc([N+](=O)[O-])nc2)CC1. The van der Waals surface area contributed by atoms with Gasteiger partial charge in [0.1, 0.15) is 0 Å². The van der Waals surface area contributed by atoms with Gasteiger partial charge in [-0.05, 0) is 22.8 Å². The van der Waals surface area contributed by atoms with E-state index in [0.717, 1.165) is 31.9 Å². The average Bonchev–Trinajstić information content (AvgIpc) is 2.39. The highest BCUT2D eigenvalue weighted by Gasteiger charge is 2.23. The van der Waals surface area contributed by atoms with Gasteiger partial charge in [-0.25, -0.2) is 0 Å². The number of nitro groups is 1. The molecule has 0 aromatic carbocycles. The molecule has 0 unspecified atom stereocenters. The summed E-state index contributed by atoms with van der Waals surface area (Å²) in [5, 5.41) is 20.0. The molecule has 7 nitrogen and oxygen atoms in total. The van der Waals surface area contributed by atoms with E-state index in [4.69, 9.17) is 0 Å². The van der Waals surface area contributed by atoms with Crippen molar-refractivity contribution in [3.8, 4) is 0 Å². The maximum absolute atomic E-state index is 10.5. The first-order chi connectivity index (χ1) is 8.58. The Labute approximate surface area is 105 Å². The molecular weight excluding hydrogens is 235 g/mol. The van der Waals surface area contributed by atoms with Crippen LogP contribution in [0.15, 0.2) is 18.3 Å². The molecule has 1 N–H and O–H groups in total. The molecule has 96 valence electrons. The van der Waals surface area contributed by atoms with E-state index in [2.05, 4.69) is 9.88 Å². The van der Waals surface area contributed by atoms with E-state index in [1.54, 1.807) is 12.9 Å². The summed E-state index contributed by atoms with van der Waals surface area (Å²) in [6.45, 7) is 4.86. The third-order valence-corrected chi connectivity index (χ3v) is 3.13. The Balaban J connectivity index is 1.99. The Bertz CT molecular complexity index is 418. The maximum atomic E-state index is 10.5. The van der Waals surface area contributed by atoms with Gasteiger partial charge in [-0.2, -0.15) is 0 Å². The van der Waals surface area contributed by atoms with Crippen LogP contribution in [-0.4, -0.2) is 53.0 Å². The molecule has 0 spiro atoms. The lowest BCUT2D eigenvalue weighted by Crippen LogP contribution is -2.51. The molecular formula is C10H15BN4O3. The van der Waals surface area contributed by atoms with Gasteiger partial charge < -0.3 is 24.8 Å². The summed E-state index contributed by atoms with van der Waals surface area (Å²) in [6.07, 6.45) is 1.52. The van der Waals surface area contributed by atoms with Crippen LogP contribution in [0.1, 0.15) is 0 Å². The zero-order valence-corrected chi connectivity index (χ0v) is 10.2. The standard InChI is InChI=1S/C10H15BN4O3/c1-11(16)14-6-4-13(5-7-14)9-2-3-10(12-8-9)15(17)18/h2-3,8,16H,4-7H2,1H3. The first-order valence-corrected chi connectivity index (χ1v) is 5.85. The highest BCUT2D eigenvalue weighted by molar-refractivity contribution is 6.45. The highest BCUT2D eigenvalue weighted by Crippen LogP contribution is 2.18. The second-order valence-electron chi connectivity index (χ2n) is 4.29. The largest absolute Gasteiger partial charge is 0.437 e. The fraction of sp³-hybridized carbons (Fsp3) is 0.500. The molecule has 0 atom stereocenters. The van der Waals surface area contributed by atoms with Gasteiger partial charge in [0.25, 0.3) is 0 Å². The van der Waals surface area contributed by atoms with Crippen LogP contribution in [0, 0.1) is 10.1 Å². The van der Waals surface area contributed by atoms with E-state index < -0.39 is 12.0 Å². The van der Waals surface area contributed by atoms with Crippen LogP contribution >= 0.6 is 0 Å². The number of nitrogens with zero attached hydrogens (tertiary/aromatic N) is 4. The Kier molecular flexibility index (Phi) is 3.78. The molecule has 0 saturated carbocycles. The summed E-state index contributed by atoms with van der Waals surface area (Å²) in [7, 11) is -0.429. The third-order valence-electron chi connectivity index (χ3n) is 3.13. The molecule has 1 aromatic heterocycles. The molecule has 0 aliphatic carbocycles. The van der Waals surface area contributed by atoms with Crippen molar-refractivity contribution in [3.05, 3.63) is 28.4 Å². The smallest absolute Gasteiger partial charge is 0.376 e. The minimum absolute atomic E-state index is 0.138. The third kappa shape index (κ3) is 2.77. The summed E-state index contributed by atoms with van der Waals surface area (Å²) in [6, 6.07) is 3.12. The highest BCUT2D eigenvalue weighted by atomic mass is 16.6. The predicted molar refractivity (Wildman–Crippen MR) is 68.5 cm³/mol. The van der Waals surface area contributed by atoms with Crippen molar-refractivity contribution in [3.63, 3.8) is 0 Å². The number of hydrogen-bond donors (Lipinski definition) is 1. The molecule has 0 radical (unpaired) electrons. The van der Waals surface area contributed by atoms with Crippen LogP contribution < -0.4 is 4.90 Å². The van der Waals surface area contributed by atoms with Crippen LogP contribution in [0.3, 0.4) is 0 Å². The van der Waals surface area contributed by atoms with Crippen molar-refractivity contribution in [2.45, 2.75) is 6.82 Å². The molecule has 1 saturated heterocycles. The zero-order chi connectivity index (χ0) is 13.1. The van der Waals surface area contributed by atoms with Crippen molar-refractivity contribution in [1.29, 1.82) is 0 Å². The molecule has 1 fully saturated rings. The van der Waals surface area contributed by atoms with Gasteiger partial charge in [-0.15, -0.1) is 0 Å². The summed E-state index contributed by atoms with van der Waals surface area (Å²) < 4.78 is 0. The fourth-order valence-corrected chi connectivity index (χ4v) is 2.03. The first kappa shape index (κ1) is 12.8. The summed E-state index contributed by atoms with van der Waals surface area (Å²) in [5.41, 5.74) is 0.880. The summed E-state index contributed by atoms with van der Waals surface area (Å²) in [4.78, 5) is 17.9. The van der Waals surface area contributed by atoms with Crippen molar-refractivity contribution >= 4 is 18.6 Å². The Morgan fingerprint density at radius 3 is 2.50 bits per heavy atom. The van der Waals surface area contributed by atoms with E-state index in [-0.39, 0.29) is 5.82 Å². The number of pyridine rings is 1. The van der Waals surface area contributed by atoms with Crippen LogP contribution in [0.25, 0.3) is 0 Å². The van der Waals surface area contributed by atoms with Crippen LogP contribution in [0.4, 0.5) is 11.5 Å². The normalized spacial score (nSPS) is 16.7. The summed E-state index contributed by atoms with van der Waals surface area (Å²) >= 11 is 0. The lowest BCUT2D eigenvalue weighted by molar-refractivity contribution is -0.389. The van der Waals surface area contributed by atoms with E-state index in [1.165, 1.54) is 12.3 Å². The van der Waals surface area contributed by atoms with Crippen LogP contribution in [0.2, 0.25) is 6.82 Å². The zero-order valence-electron chi connectivity index (χ0n) is 10.2. The lowest BCUT2D eigenvalue weighted by Gasteiger charge is -2.36. The average molecular weight is 250 g/mol.